The van der Waals surface area contributed by atoms with E-state index >= 15 is 0 Å². The number of anilines is 1. The monoisotopic (exact) mass is 545 g/mol. The molecular formula is C23H23N5O7S2. The molecule has 2 atom stereocenters. The first-order valence-corrected chi connectivity index (χ1v) is 13.8. The molecule has 37 heavy (non-hydrogen) atoms. The molecule has 0 radical (unpaired) electrons. The summed E-state index contributed by atoms with van der Waals surface area (Å²) in [5.74, 6) is -2.72. The standard InChI is InChI=1S/C23H23N5O7S2/c1-37(33,34)35-20-19(15-8-3-5-10-17(15)28(31)32)21(29)27(22(20)30)18-13-26(11-6-12-36-23(24)25)16-9-4-2-7-14(16)18/h2-5,7-10,13,19-20H,6,11-12H2,1H3,(H3,24,25). The van der Waals surface area contributed by atoms with Crippen molar-refractivity contribution in [3.8, 4) is 0 Å². The maximum Gasteiger partial charge on any atom is 0.273 e. The molecule has 0 bridgehead atoms. The Morgan fingerprint density at radius 3 is 2.51 bits per heavy atom. The number of carbonyl (C=O) groups excluding carboxylic acids is 2. The predicted octanol–water partition coefficient (Wildman–Crippen LogP) is 2.57. The van der Waals surface area contributed by atoms with Crippen molar-refractivity contribution in [3.63, 3.8) is 0 Å². The molecule has 1 aliphatic rings. The van der Waals surface area contributed by atoms with Gasteiger partial charge in [0.15, 0.2) is 11.3 Å². The van der Waals surface area contributed by atoms with Crippen LogP contribution in [0.5, 0.6) is 0 Å². The summed E-state index contributed by atoms with van der Waals surface area (Å²) in [4.78, 5) is 39.1. The highest BCUT2D eigenvalue weighted by Gasteiger charge is 2.53. The zero-order valence-corrected chi connectivity index (χ0v) is 21.2. The number of benzene rings is 2. The normalized spacial score (nSPS) is 18.0. The van der Waals surface area contributed by atoms with Gasteiger partial charge >= 0.3 is 0 Å². The second-order valence-electron chi connectivity index (χ2n) is 8.32. The Bertz CT molecular complexity index is 1520. The Labute approximate surface area is 216 Å². The second kappa shape index (κ2) is 10.3. The molecule has 3 aromatic rings. The number of nitrogens with two attached hydrogens (primary N) is 1. The van der Waals surface area contributed by atoms with Crippen molar-refractivity contribution in [1.29, 1.82) is 5.41 Å². The van der Waals surface area contributed by atoms with Gasteiger partial charge in [0.25, 0.3) is 21.7 Å². The van der Waals surface area contributed by atoms with E-state index in [1.54, 1.807) is 24.4 Å². The van der Waals surface area contributed by atoms with Crippen molar-refractivity contribution >= 4 is 61.1 Å². The van der Waals surface area contributed by atoms with Crippen molar-refractivity contribution in [2.45, 2.75) is 25.0 Å². The minimum Gasteiger partial charge on any atom is -0.379 e. The number of thioether (sulfide) groups is 1. The van der Waals surface area contributed by atoms with Gasteiger partial charge in [-0.1, -0.05) is 48.2 Å². The molecule has 2 aromatic carbocycles. The summed E-state index contributed by atoms with van der Waals surface area (Å²) in [7, 11) is -4.21. The van der Waals surface area contributed by atoms with E-state index < -0.39 is 44.6 Å². The minimum absolute atomic E-state index is 0.00396. The van der Waals surface area contributed by atoms with Crippen LogP contribution in [0.1, 0.15) is 17.9 Å². The molecule has 12 nitrogen and oxygen atoms in total. The molecular weight excluding hydrogens is 522 g/mol. The SMILES string of the molecule is CS(=O)(=O)OC1C(=O)N(c2cn(CCCSC(=N)N)c3ccccc23)C(=O)C1c1ccccc1[N+](=O)[O-]. The number of imide groups is 1. The lowest BCUT2D eigenvalue weighted by molar-refractivity contribution is -0.385. The van der Waals surface area contributed by atoms with Crippen LogP contribution in [0.3, 0.4) is 0 Å². The first-order chi connectivity index (χ1) is 17.5. The third-order valence-corrected chi connectivity index (χ3v) is 7.17. The molecule has 194 valence electrons. The number of fused-ring (bicyclic) bond motifs is 1. The van der Waals surface area contributed by atoms with Crippen molar-refractivity contribution in [2.24, 2.45) is 5.73 Å². The Hall–Kier alpha value is -3.75. The maximum atomic E-state index is 13.7. The molecule has 1 saturated heterocycles. The van der Waals surface area contributed by atoms with Gasteiger partial charge in [0, 0.05) is 35.5 Å². The first kappa shape index (κ1) is 26.3. The molecule has 3 N–H and O–H groups in total. The van der Waals surface area contributed by atoms with Gasteiger partial charge in [0.2, 0.25) is 5.91 Å². The van der Waals surface area contributed by atoms with Crippen LogP contribution in [0.15, 0.2) is 54.7 Å². The van der Waals surface area contributed by atoms with Gasteiger partial charge in [0.1, 0.15) is 5.92 Å². The number of rotatable bonds is 9. The third kappa shape index (κ3) is 5.35. The van der Waals surface area contributed by atoms with Crippen molar-refractivity contribution in [3.05, 3.63) is 70.4 Å². The average Bonchev–Trinajstić information content (AvgIpc) is 3.29. The fourth-order valence-electron chi connectivity index (χ4n) is 4.39. The third-order valence-electron chi connectivity index (χ3n) is 5.81. The number of hydrogen-bond donors (Lipinski definition) is 2. The van der Waals surface area contributed by atoms with Crippen molar-refractivity contribution in [2.75, 3.05) is 16.9 Å². The van der Waals surface area contributed by atoms with Crippen LogP contribution >= 0.6 is 11.8 Å². The van der Waals surface area contributed by atoms with E-state index in [1.165, 1.54) is 36.0 Å². The van der Waals surface area contributed by atoms with E-state index in [-0.39, 0.29) is 16.4 Å². The Balaban J connectivity index is 1.80. The molecule has 2 unspecified atom stereocenters. The molecule has 1 aromatic heterocycles. The molecule has 1 aliphatic heterocycles. The number of para-hydroxylation sites is 2. The van der Waals surface area contributed by atoms with Gasteiger partial charge in [-0.05, 0) is 12.5 Å². The number of nitro benzene ring substituents is 1. The zero-order valence-electron chi connectivity index (χ0n) is 19.6. The van der Waals surface area contributed by atoms with Gasteiger partial charge in [-0.2, -0.15) is 8.42 Å². The first-order valence-electron chi connectivity index (χ1n) is 11.0. The minimum atomic E-state index is -4.21. The fraction of sp³-hybridized carbons (Fsp3) is 0.261. The van der Waals surface area contributed by atoms with Crippen LogP contribution in [0.2, 0.25) is 0 Å². The van der Waals surface area contributed by atoms with Gasteiger partial charge in [-0.25, -0.2) is 4.90 Å². The summed E-state index contributed by atoms with van der Waals surface area (Å²) in [5.41, 5.74) is 5.78. The summed E-state index contributed by atoms with van der Waals surface area (Å²) in [6.07, 6.45) is 1.19. The number of carbonyl (C=O) groups is 2. The largest absolute Gasteiger partial charge is 0.379 e. The lowest BCUT2D eigenvalue weighted by atomic mass is 9.94. The molecule has 0 saturated carbocycles. The van der Waals surface area contributed by atoms with Crippen LogP contribution in [-0.2, 0) is 30.4 Å². The fourth-order valence-corrected chi connectivity index (χ4v) is 5.45. The van der Waals surface area contributed by atoms with Gasteiger partial charge < -0.3 is 10.3 Å². The summed E-state index contributed by atoms with van der Waals surface area (Å²) >= 11 is 1.20. The lowest BCUT2D eigenvalue weighted by Gasteiger charge is -2.14. The quantitative estimate of drug-likeness (QED) is 0.0777. The number of amidine groups is 1. The highest BCUT2D eigenvalue weighted by Crippen LogP contribution is 2.41. The number of nitro groups is 1. The van der Waals surface area contributed by atoms with Crippen LogP contribution in [0, 0.1) is 15.5 Å². The molecule has 1 fully saturated rings. The van der Waals surface area contributed by atoms with Crippen LogP contribution in [-0.4, -0.2) is 53.0 Å². The van der Waals surface area contributed by atoms with E-state index in [0.29, 0.717) is 24.1 Å². The van der Waals surface area contributed by atoms with Gasteiger partial charge in [0.05, 0.1) is 22.4 Å². The number of amides is 2. The van der Waals surface area contributed by atoms with Gasteiger partial charge in [-0.15, -0.1) is 0 Å². The number of nitrogens with zero attached hydrogens (tertiary/aromatic N) is 3. The molecule has 0 aliphatic carbocycles. The topological polar surface area (TPSA) is 179 Å². The Morgan fingerprint density at radius 1 is 1.16 bits per heavy atom. The van der Waals surface area contributed by atoms with E-state index in [0.717, 1.165) is 16.7 Å². The lowest BCUT2D eigenvalue weighted by Crippen LogP contribution is -2.33. The highest BCUT2D eigenvalue weighted by atomic mass is 32.2. The Kier molecular flexibility index (Phi) is 7.34. The molecule has 2 heterocycles. The van der Waals surface area contributed by atoms with E-state index in [4.69, 9.17) is 15.3 Å². The molecule has 14 heteroatoms. The van der Waals surface area contributed by atoms with Crippen molar-refractivity contribution < 1.29 is 27.1 Å². The summed E-state index contributed by atoms with van der Waals surface area (Å²) in [6.45, 7) is 0.494. The number of aryl methyl sites for hydroxylation is 1. The number of hydrogen-bond acceptors (Lipinski definition) is 9. The van der Waals surface area contributed by atoms with Crippen LogP contribution in [0.25, 0.3) is 10.9 Å². The Morgan fingerprint density at radius 2 is 1.84 bits per heavy atom. The number of nitrogens with one attached hydrogen (secondary N) is 1. The second-order valence-corrected chi connectivity index (χ2v) is 11.1. The maximum absolute atomic E-state index is 13.7. The molecule has 2 amide bonds. The highest BCUT2D eigenvalue weighted by molar-refractivity contribution is 8.13. The molecule has 0 spiro atoms. The summed E-state index contributed by atoms with van der Waals surface area (Å²) in [6, 6.07) is 12.4. The zero-order chi connectivity index (χ0) is 26.9. The predicted molar refractivity (Wildman–Crippen MR) is 139 cm³/mol. The van der Waals surface area contributed by atoms with E-state index in [2.05, 4.69) is 0 Å². The summed E-state index contributed by atoms with van der Waals surface area (Å²) in [5, 5.41) is 19.6. The van der Waals surface area contributed by atoms with Crippen molar-refractivity contribution in [1.82, 2.24) is 4.57 Å². The van der Waals surface area contributed by atoms with E-state index in [9.17, 15) is 28.1 Å². The average molecular weight is 546 g/mol. The van der Waals surface area contributed by atoms with Gasteiger partial charge in [-0.3, -0.25) is 29.3 Å². The number of aromatic nitrogens is 1. The van der Waals surface area contributed by atoms with E-state index in [1.807, 2.05) is 10.6 Å². The van der Waals surface area contributed by atoms with Crippen LogP contribution in [0.4, 0.5) is 11.4 Å². The van der Waals surface area contributed by atoms with Crippen LogP contribution < -0.4 is 10.6 Å². The summed E-state index contributed by atoms with van der Waals surface area (Å²) < 4.78 is 30.9. The molecule has 4 rings (SSSR count). The smallest absolute Gasteiger partial charge is 0.273 e.